The van der Waals surface area contributed by atoms with Gasteiger partial charge in [-0.2, -0.15) is 5.26 Å². The number of thiophene rings is 1. The number of aryl methyl sites for hydroxylation is 1. The van der Waals surface area contributed by atoms with Crippen LogP contribution in [0.25, 0.3) is 17.2 Å². The minimum absolute atomic E-state index is 0.0102. The Hall–Kier alpha value is -5.83. The zero-order valence-electron chi connectivity index (χ0n) is 26.9. The average molecular weight is 689 g/mol. The third kappa shape index (κ3) is 8.96. The van der Waals surface area contributed by atoms with Gasteiger partial charge >= 0.3 is 0 Å². The Labute approximate surface area is 292 Å². The predicted molar refractivity (Wildman–Crippen MR) is 195 cm³/mol. The van der Waals surface area contributed by atoms with Crippen LogP contribution in [0, 0.1) is 18.3 Å². The van der Waals surface area contributed by atoms with Gasteiger partial charge in [-0.1, -0.05) is 54.1 Å². The number of amides is 3. The van der Waals surface area contributed by atoms with Gasteiger partial charge in [0.1, 0.15) is 28.3 Å². The van der Waals surface area contributed by atoms with Gasteiger partial charge < -0.3 is 25.4 Å². The maximum absolute atomic E-state index is 13.6. The Balaban J connectivity index is 1.28. The highest BCUT2D eigenvalue weighted by atomic mass is 32.2. The maximum Gasteiger partial charge on any atom is 0.272 e. The monoisotopic (exact) mass is 688 g/mol. The molecule has 0 saturated carbocycles. The molecule has 5 rings (SSSR count). The summed E-state index contributed by atoms with van der Waals surface area (Å²) in [5, 5.41) is 20.6. The number of carbonyl (C=O) groups excluding carboxylic acids is 3. The number of methoxy groups -OCH3 is 2. The Morgan fingerprint density at radius 3 is 2.39 bits per heavy atom. The van der Waals surface area contributed by atoms with Gasteiger partial charge in [-0.15, -0.1) is 23.1 Å². The standard InChI is InChI=1S/C38H32N4O5S2/c1-24-12-14-25(15-13-24)32-22-49-38(31(32)21-39)42-35(43)23-48-30-11-7-10-28(19-30)40-37(45)33(41-36(44)26-8-5-4-6-9-26)18-27-16-17-29(46-2)20-34(27)47-3/h4-20,22H,23H2,1-3H3,(H,40,45)(H,41,44)(H,42,43)/b33-18+. The second-order valence-corrected chi connectivity index (χ2v) is 12.6. The van der Waals surface area contributed by atoms with Crippen molar-refractivity contribution < 1.29 is 23.9 Å². The van der Waals surface area contributed by atoms with Gasteiger partial charge in [0.05, 0.1) is 25.5 Å². The van der Waals surface area contributed by atoms with Crippen molar-refractivity contribution in [2.75, 3.05) is 30.6 Å². The van der Waals surface area contributed by atoms with Crippen LogP contribution in [-0.4, -0.2) is 37.7 Å². The SMILES string of the molecule is COc1ccc(/C=C(/NC(=O)c2ccccc2)C(=O)Nc2cccc(SCC(=O)Nc3scc(-c4ccc(C)cc4)c3C#N)c2)c(OC)c1. The lowest BCUT2D eigenvalue weighted by Crippen LogP contribution is -2.30. The van der Waals surface area contributed by atoms with Crippen molar-refractivity contribution in [3.8, 4) is 28.7 Å². The van der Waals surface area contributed by atoms with Gasteiger partial charge in [-0.25, -0.2) is 0 Å². The first-order valence-electron chi connectivity index (χ1n) is 15.0. The van der Waals surface area contributed by atoms with E-state index in [0.717, 1.165) is 21.6 Å². The van der Waals surface area contributed by atoms with E-state index < -0.39 is 11.8 Å². The molecule has 0 unspecified atom stereocenters. The number of nitrogens with zero attached hydrogens (tertiary/aromatic N) is 1. The summed E-state index contributed by atoms with van der Waals surface area (Å²) in [5.74, 6) is -0.185. The van der Waals surface area contributed by atoms with E-state index in [1.807, 2.05) is 42.6 Å². The third-order valence-electron chi connectivity index (χ3n) is 7.25. The Morgan fingerprint density at radius 2 is 1.67 bits per heavy atom. The fourth-order valence-corrected chi connectivity index (χ4v) is 6.41. The van der Waals surface area contributed by atoms with Crippen LogP contribution < -0.4 is 25.4 Å². The van der Waals surface area contributed by atoms with E-state index in [9.17, 15) is 19.6 Å². The molecule has 3 N–H and O–H groups in total. The molecular formula is C38H32N4O5S2. The highest BCUT2D eigenvalue weighted by Crippen LogP contribution is 2.35. The van der Waals surface area contributed by atoms with Gasteiger partial charge in [0.15, 0.2) is 0 Å². The van der Waals surface area contributed by atoms with E-state index in [-0.39, 0.29) is 17.4 Å². The van der Waals surface area contributed by atoms with Crippen molar-refractivity contribution in [2.24, 2.45) is 0 Å². The number of nitrogens with one attached hydrogen (secondary N) is 3. The lowest BCUT2D eigenvalue weighted by Gasteiger charge is -2.13. The predicted octanol–water partition coefficient (Wildman–Crippen LogP) is 7.75. The van der Waals surface area contributed by atoms with Gasteiger partial charge in [-0.05, 0) is 61.0 Å². The zero-order valence-corrected chi connectivity index (χ0v) is 28.5. The molecular weight excluding hydrogens is 657 g/mol. The summed E-state index contributed by atoms with van der Waals surface area (Å²) in [5.41, 5.74) is 4.61. The lowest BCUT2D eigenvalue weighted by atomic mass is 10.0. The minimum atomic E-state index is -0.562. The van der Waals surface area contributed by atoms with Crippen LogP contribution in [0.15, 0.2) is 113 Å². The lowest BCUT2D eigenvalue weighted by molar-refractivity contribution is -0.114. The summed E-state index contributed by atoms with van der Waals surface area (Å²) in [7, 11) is 3.04. The molecule has 5 aromatic rings. The molecule has 1 heterocycles. The fraction of sp³-hybridized carbons (Fsp3) is 0.105. The molecule has 49 heavy (non-hydrogen) atoms. The molecule has 0 aliphatic rings. The molecule has 0 saturated heterocycles. The molecule has 11 heteroatoms. The minimum Gasteiger partial charge on any atom is -0.497 e. The van der Waals surface area contributed by atoms with Crippen LogP contribution in [0.4, 0.5) is 10.7 Å². The molecule has 4 aromatic carbocycles. The highest BCUT2D eigenvalue weighted by Gasteiger charge is 2.18. The van der Waals surface area contributed by atoms with Gasteiger partial charge in [0.2, 0.25) is 5.91 Å². The largest absolute Gasteiger partial charge is 0.497 e. The van der Waals surface area contributed by atoms with E-state index in [2.05, 4.69) is 22.0 Å². The average Bonchev–Trinajstić information content (AvgIpc) is 3.53. The van der Waals surface area contributed by atoms with Crippen molar-refractivity contribution in [3.05, 3.63) is 130 Å². The van der Waals surface area contributed by atoms with Crippen molar-refractivity contribution in [1.82, 2.24) is 5.32 Å². The van der Waals surface area contributed by atoms with Crippen LogP contribution >= 0.6 is 23.1 Å². The molecule has 3 amide bonds. The molecule has 0 radical (unpaired) electrons. The van der Waals surface area contributed by atoms with Crippen molar-refractivity contribution in [3.63, 3.8) is 0 Å². The smallest absolute Gasteiger partial charge is 0.272 e. The van der Waals surface area contributed by atoms with Crippen LogP contribution in [0.5, 0.6) is 11.5 Å². The number of hydrogen-bond acceptors (Lipinski definition) is 8. The normalized spacial score (nSPS) is 10.9. The number of thioether (sulfide) groups is 1. The number of hydrogen-bond donors (Lipinski definition) is 3. The van der Waals surface area contributed by atoms with Crippen LogP contribution in [0.1, 0.15) is 27.0 Å². The van der Waals surface area contributed by atoms with E-state index in [1.165, 1.54) is 36.3 Å². The van der Waals surface area contributed by atoms with Crippen molar-refractivity contribution >= 4 is 57.6 Å². The molecule has 1 aromatic heterocycles. The first kappa shape index (κ1) is 34.5. The Morgan fingerprint density at radius 1 is 0.898 bits per heavy atom. The van der Waals surface area contributed by atoms with Gasteiger partial charge in [-0.3, -0.25) is 14.4 Å². The van der Waals surface area contributed by atoms with Crippen molar-refractivity contribution in [2.45, 2.75) is 11.8 Å². The first-order valence-corrected chi connectivity index (χ1v) is 16.9. The summed E-state index contributed by atoms with van der Waals surface area (Å²) in [6, 6.07) is 30.8. The van der Waals surface area contributed by atoms with E-state index in [4.69, 9.17) is 9.47 Å². The summed E-state index contributed by atoms with van der Waals surface area (Å²) in [4.78, 5) is 40.3. The molecule has 0 atom stereocenters. The van der Waals surface area contributed by atoms with E-state index >= 15 is 0 Å². The Kier molecular flexibility index (Phi) is 11.5. The number of nitriles is 1. The second kappa shape index (κ2) is 16.3. The zero-order chi connectivity index (χ0) is 34.8. The molecule has 246 valence electrons. The second-order valence-electron chi connectivity index (χ2n) is 10.6. The molecule has 0 aliphatic heterocycles. The topological polar surface area (TPSA) is 130 Å². The number of anilines is 2. The quantitative estimate of drug-likeness (QED) is 0.0903. The van der Waals surface area contributed by atoms with Crippen LogP contribution in [0.3, 0.4) is 0 Å². The summed E-state index contributed by atoms with van der Waals surface area (Å²) in [6.07, 6.45) is 1.53. The maximum atomic E-state index is 13.6. The van der Waals surface area contributed by atoms with Crippen molar-refractivity contribution in [1.29, 1.82) is 5.26 Å². The Bertz CT molecular complexity index is 2050. The fourth-order valence-electron chi connectivity index (χ4n) is 4.72. The molecule has 9 nitrogen and oxygen atoms in total. The van der Waals surface area contributed by atoms with Crippen LogP contribution in [-0.2, 0) is 9.59 Å². The third-order valence-corrected chi connectivity index (χ3v) is 9.14. The number of benzene rings is 4. The molecule has 0 spiro atoms. The number of carbonyl (C=O) groups is 3. The summed E-state index contributed by atoms with van der Waals surface area (Å²) in [6.45, 7) is 2.00. The van der Waals surface area contributed by atoms with Gasteiger partial charge in [0, 0.05) is 38.7 Å². The van der Waals surface area contributed by atoms with E-state index in [1.54, 1.807) is 73.8 Å². The first-order chi connectivity index (χ1) is 23.8. The van der Waals surface area contributed by atoms with Crippen LogP contribution in [0.2, 0.25) is 0 Å². The molecule has 0 bridgehead atoms. The molecule has 0 aliphatic carbocycles. The highest BCUT2D eigenvalue weighted by molar-refractivity contribution is 8.00. The molecule has 0 fully saturated rings. The van der Waals surface area contributed by atoms with E-state index in [0.29, 0.717) is 38.9 Å². The number of ether oxygens (including phenoxy) is 2. The number of rotatable bonds is 12. The summed E-state index contributed by atoms with van der Waals surface area (Å²) >= 11 is 2.59. The van der Waals surface area contributed by atoms with Gasteiger partial charge in [0.25, 0.3) is 11.8 Å². The summed E-state index contributed by atoms with van der Waals surface area (Å²) < 4.78 is 10.8.